The van der Waals surface area contributed by atoms with Crippen molar-refractivity contribution in [1.82, 2.24) is 9.97 Å². The number of aromatic nitrogens is 2. The minimum Gasteiger partial charge on any atom is -0.369 e. The Kier molecular flexibility index (Phi) is 2.48. The fourth-order valence-electron chi connectivity index (χ4n) is 0.729. The van der Waals surface area contributed by atoms with Crippen LogP contribution in [-0.4, -0.2) is 15.9 Å². The lowest BCUT2D eigenvalue weighted by Gasteiger charge is -1.88. The fraction of sp³-hybridized carbons (Fsp3) is 0.333. The van der Waals surface area contributed by atoms with Gasteiger partial charge in [0.25, 0.3) is 0 Å². The van der Waals surface area contributed by atoms with Crippen LogP contribution in [0.5, 0.6) is 0 Å². The molecule has 60 valence electrons. The number of alkyl halides is 1. The summed E-state index contributed by atoms with van der Waals surface area (Å²) in [6.07, 6.45) is 1.72. The Morgan fingerprint density at radius 3 is 3.00 bits per heavy atom. The van der Waals surface area contributed by atoms with Gasteiger partial charge in [-0.25, -0.2) is 4.98 Å². The fourth-order valence-corrected chi connectivity index (χ4v) is 0.864. The van der Waals surface area contributed by atoms with E-state index in [1.54, 1.807) is 6.20 Å². The van der Waals surface area contributed by atoms with Crippen LogP contribution >= 0.6 is 11.6 Å². The van der Waals surface area contributed by atoms with E-state index in [0.29, 0.717) is 11.7 Å². The number of hydrogen-bond donors (Lipinski definition) is 2. The number of nitrogens with one attached hydrogen (secondary N) is 1. The number of carbonyl (C=O) groups excluding carboxylic acids is 1. The Morgan fingerprint density at radius 1 is 1.82 bits per heavy atom. The normalized spacial score (nSPS) is 9.91. The molecule has 0 saturated heterocycles. The van der Waals surface area contributed by atoms with E-state index in [1.807, 2.05) is 0 Å². The third-order valence-corrected chi connectivity index (χ3v) is 1.45. The van der Waals surface area contributed by atoms with E-state index in [0.717, 1.165) is 5.69 Å². The van der Waals surface area contributed by atoms with Gasteiger partial charge in [-0.2, -0.15) is 0 Å². The molecule has 1 rings (SSSR count). The van der Waals surface area contributed by atoms with Crippen molar-refractivity contribution in [3.8, 4) is 0 Å². The van der Waals surface area contributed by atoms with Crippen LogP contribution in [0, 0.1) is 0 Å². The van der Waals surface area contributed by atoms with Gasteiger partial charge in [0.2, 0.25) is 5.91 Å². The van der Waals surface area contributed by atoms with Crippen LogP contribution in [0.4, 0.5) is 0 Å². The standard InChI is InChI=1S/C6H8ClN3O/c7-2-4-3-9-6(10-4)1-5(8)11/h3H,1-2H2,(H2,8,11)(H,9,10). The van der Waals surface area contributed by atoms with E-state index in [4.69, 9.17) is 17.3 Å². The zero-order chi connectivity index (χ0) is 8.27. The molecule has 4 nitrogen and oxygen atoms in total. The summed E-state index contributed by atoms with van der Waals surface area (Å²) in [6.45, 7) is 0. The van der Waals surface area contributed by atoms with Gasteiger partial charge in [0.1, 0.15) is 5.82 Å². The summed E-state index contributed by atoms with van der Waals surface area (Å²) >= 11 is 5.49. The molecule has 0 atom stereocenters. The molecule has 0 aliphatic carbocycles. The van der Waals surface area contributed by atoms with Crippen molar-refractivity contribution in [2.24, 2.45) is 5.73 Å². The zero-order valence-corrected chi connectivity index (χ0v) is 6.56. The highest BCUT2D eigenvalue weighted by Gasteiger charge is 2.01. The predicted molar refractivity (Wildman–Crippen MR) is 41.0 cm³/mol. The molecule has 0 spiro atoms. The van der Waals surface area contributed by atoms with Crippen LogP contribution in [0.15, 0.2) is 6.20 Å². The topological polar surface area (TPSA) is 71.8 Å². The maximum atomic E-state index is 10.4. The van der Waals surface area contributed by atoms with Crippen molar-refractivity contribution >= 4 is 17.5 Å². The van der Waals surface area contributed by atoms with E-state index in [9.17, 15) is 4.79 Å². The zero-order valence-electron chi connectivity index (χ0n) is 5.80. The number of H-pyrrole nitrogens is 1. The molecular weight excluding hydrogens is 166 g/mol. The molecule has 0 fully saturated rings. The maximum Gasteiger partial charge on any atom is 0.225 e. The molecule has 5 heteroatoms. The van der Waals surface area contributed by atoms with Gasteiger partial charge in [0.15, 0.2) is 0 Å². The minimum absolute atomic E-state index is 0.136. The summed E-state index contributed by atoms with van der Waals surface area (Å²) in [7, 11) is 0. The maximum absolute atomic E-state index is 10.4. The molecule has 0 aromatic carbocycles. The first-order valence-electron chi connectivity index (χ1n) is 3.09. The molecule has 0 unspecified atom stereocenters. The molecule has 0 aliphatic heterocycles. The van der Waals surface area contributed by atoms with Crippen LogP contribution in [0.25, 0.3) is 0 Å². The number of nitrogens with zero attached hydrogens (tertiary/aromatic N) is 1. The molecule has 11 heavy (non-hydrogen) atoms. The van der Waals surface area contributed by atoms with Gasteiger partial charge in [-0.1, -0.05) is 0 Å². The van der Waals surface area contributed by atoms with Gasteiger partial charge in [-0.3, -0.25) is 4.79 Å². The highest BCUT2D eigenvalue weighted by Crippen LogP contribution is 2.00. The van der Waals surface area contributed by atoms with Gasteiger partial charge in [0.05, 0.1) is 12.3 Å². The number of primary amides is 1. The van der Waals surface area contributed by atoms with Crippen molar-refractivity contribution in [1.29, 1.82) is 0 Å². The summed E-state index contributed by atoms with van der Waals surface area (Å²) in [5, 5.41) is 0. The van der Waals surface area contributed by atoms with E-state index in [1.165, 1.54) is 0 Å². The highest BCUT2D eigenvalue weighted by atomic mass is 35.5. The Balaban J connectivity index is 2.65. The van der Waals surface area contributed by atoms with Crippen LogP contribution in [0.1, 0.15) is 11.5 Å². The van der Waals surface area contributed by atoms with Crippen LogP contribution in [0.3, 0.4) is 0 Å². The first kappa shape index (κ1) is 8.07. The number of halogens is 1. The molecule has 0 bridgehead atoms. The van der Waals surface area contributed by atoms with Gasteiger partial charge in [-0.05, 0) is 0 Å². The third-order valence-electron chi connectivity index (χ3n) is 1.17. The van der Waals surface area contributed by atoms with Gasteiger partial charge in [-0.15, -0.1) is 11.6 Å². The minimum atomic E-state index is -0.402. The molecule has 1 heterocycles. The smallest absolute Gasteiger partial charge is 0.225 e. The molecule has 1 aromatic heterocycles. The van der Waals surface area contributed by atoms with Gasteiger partial charge in [0, 0.05) is 11.9 Å². The summed E-state index contributed by atoms with van der Waals surface area (Å²) in [5.41, 5.74) is 5.74. The molecule has 0 saturated carbocycles. The number of amides is 1. The number of hydrogen-bond acceptors (Lipinski definition) is 2. The Bertz CT molecular complexity index is 258. The van der Waals surface area contributed by atoms with Crippen molar-refractivity contribution in [2.75, 3.05) is 0 Å². The number of nitrogens with two attached hydrogens (primary N) is 1. The molecule has 1 aromatic rings. The van der Waals surface area contributed by atoms with E-state index in [2.05, 4.69) is 9.97 Å². The molecule has 3 N–H and O–H groups in total. The Labute approximate surface area is 68.8 Å². The van der Waals surface area contributed by atoms with Crippen LogP contribution in [-0.2, 0) is 17.1 Å². The predicted octanol–water partition coefficient (Wildman–Crippen LogP) is 0.176. The monoisotopic (exact) mass is 173 g/mol. The second kappa shape index (κ2) is 3.39. The average molecular weight is 174 g/mol. The number of aromatic amines is 1. The summed E-state index contributed by atoms with van der Waals surface area (Å²) in [6, 6.07) is 0. The van der Waals surface area contributed by atoms with Crippen molar-refractivity contribution in [3.05, 3.63) is 17.7 Å². The van der Waals surface area contributed by atoms with Crippen molar-refractivity contribution in [3.63, 3.8) is 0 Å². The van der Waals surface area contributed by atoms with Gasteiger partial charge >= 0.3 is 0 Å². The molecule has 0 radical (unpaired) electrons. The van der Waals surface area contributed by atoms with E-state index in [-0.39, 0.29) is 6.42 Å². The lowest BCUT2D eigenvalue weighted by molar-refractivity contribution is -0.117. The Morgan fingerprint density at radius 2 is 2.55 bits per heavy atom. The van der Waals surface area contributed by atoms with Crippen molar-refractivity contribution < 1.29 is 4.79 Å². The van der Waals surface area contributed by atoms with Crippen LogP contribution in [0.2, 0.25) is 0 Å². The number of rotatable bonds is 3. The second-order valence-corrected chi connectivity index (χ2v) is 2.40. The van der Waals surface area contributed by atoms with Gasteiger partial charge < -0.3 is 10.7 Å². The highest BCUT2D eigenvalue weighted by molar-refractivity contribution is 6.16. The Hall–Kier alpha value is -1.03. The number of imidazole rings is 1. The second-order valence-electron chi connectivity index (χ2n) is 2.13. The lowest BCUT2D eigenvalue weighted by Crippen LogP contribution is -2.14. The van der Waals surface area contributed by atoms with Crippen molar-refractivity contribution in [2.45, 2.75) is 12.3 Å². The SMILES string of the molecule is NC(=O)Cc1ncc(CCl)[nH]1. The lowest BCUT2D eigenvalue weighted by atomic mass is 10.4. The summed E-state index contributed by atoms with van der Waals surface area (Å²) < 4.78 is 0. The first-order chi connectivity index (χ1) is 5.22. The molecule has 1 amide bonds. The third kappa shape index (κ3) is 2.23. The van der Waals surface area contributed by atoms with Crippen LogP contribution < -0.4 is 5.73 Å². The molecular formula is C6H8ClN3O. The summed E-state index contributed by atoms with van der Waals surface area (Å²) in [5.74, 6) is 0.528. The summed E-state index contributed by atoms with van der Waals surface area (Å²) in [4.78, 5) is 17.1. The largest absolute Gasteiger partial charge is 0.369 e. The molecule has 0 aliphatic rings. The first-order valence-corrected chi connectivity index (χ1v) is 3.63. The average Bonchev–Trinajstić information content (AvgIpc) is 2.34. The quantitative estimate of drug-likeness (QED) is 0.640. The van der Waals surface area contributed by atoms with E-state index >= 15 is 0 Å². The number of carbonyl (C=O) groups is 1. The van der Waals surface area contributed by atoms with E-state index < -0.39 is 5.91 Å².